The molecule has 0 aromatic carbocycles. The summed E-state index contributed by atoms with van der Waals surface area (Å²) in [6.07, 6.45) is -0.300. The SMILES string of the molecule is CC(O)(CBr)CCOP(=O)(O)OP(=O)(OCCC(C)(O)CBr)OP(=O)(O)O. The number of rotatable bonds is 14. The molecule has 0 bridgehead atoms. The van der Waals surface area contributed by atoms with Crippen molar-refractivity contribution in [3.05, 3.63) is 0 Å². The lowest BCUT2D eigenvalue weighted by molar-refractivity contribution is 0.0508. The summed E-state index contributed by atoms with van der Waals surface area (Å²) < 4.78 is 52.4. The molecule has 164 valence electrons. The second-order valence-electron chi connectivity index (χ2n) is 6.00. The van der Waals surface area contributed by atoms with Crippen LogP contribution in [0.1, 0.15) is 26.7 Å². The van der Waals surface area contributed by atoms with Crippen LogP contribution in [0.2, 0.25) is 0 Å². The molecule has 5 N–H and O–H groups in total. The topological polar surface area (TPSA) is 189 Å². The lowest BCUT2D eigenvalue weighted by atomic mass is 10.1. The molecule has 12 nitrogen and oxygen atoms in total. The van der Waals surface area contributed by atoms with E-state index in [1.54, 1.807) is 0 Å². The highest BCUT2D eigenvalue weighted by atomic mass is 79.9. The molecular weight excluding hydrogens is 565 g/mol. The van der Waals surface area contributed by atoms with E-state index in [2.05, 4.69) is 49.5 Å². The third kappa shape index (κ3) is 14.0. The number of halogens is 2. The highest BCUT2D eigenvalue weighted by Gasteiger charge is 2.44. The second kappa shape index (κ2) is 11.1. The van der Waals surface area contributed by atoms with Crippen molar-refractivity contribution in [1.29, 1.82) is 0 Å². The number of hydrogen-bond donors (Lipinski definition) is 5. The molecule has 17 heteroatoms. The number of phosphoric ester groups is 1. The summed E-state index contributed by atoms with van der Waals surface area (Å²) in [5.74, 6) is 0. The van der Waals surface area contributed by atoms with Gasteiger partial charge in [0.2, 0.25) is 0 Å². The molecule has 0 aliphatic rings. The van der Waals surface area contributed by atoms with E-state index in [1.807, 2.05) is 0 Å². The van der Waals surface area contributed by atoms with Crippen LogP contribution in [-0.4, -0.2) is 60.0 Å². The largest absolute Gasteiger partial charge is 0.492 e. The van der Waals surface area contributed by atoms with E-state index in [0.29, 0.717) is 0 Å². The maximum Gasteiger partial charge on any atom is 0.492 e. The van der Waals surface area contributed by atoms with Gasteiger partial charge in [0.1, 0.15) is 0 Å². The molecule has 4 atom stereocenters. The van der Waals surface area contributed by atoms with Gasteiger partial charge in [-0.1, -0.05) is 31.9 Å². The van der Waals surface area contributed by atoms with E-state index >= 15 is 0 Å². The minimum atomic E-state index is -5.44. The highest BCUT2D eigenvalue weighted by Crippen LogP contribution is 2.69. The van der Waals surface area contributed by atoms with Gasteiger partial charge in [-0.2, -0.15) is 8.62 Å². The van der Waals surface area contributed by atoms with Gasteiger partial charge in [0.05, 0.1) is 24.4 Å². The molecule has 0 rings (SSSR count). The van der Waals surface area contributed by atoms with Gasteiger partial charge in [-0.15, -0.1) is 0 Å². The molecule has 0 amide bonds. The summed E-state index contributed by atoms with van der Waals surface area (Å²) in [4.78, 5) is 27.2. The molecule has 0 radical (unpaired) electrons. The van der Waals surface area contributed by atoms with E-state index in [4.69, 9.17) is 9.79 Å². The van der Waals surface area contributed by atoms with Crippen molar-refractivity contribution < 1.29 is 56.3 Å². The van der Waals surface area contributed by atoms with Crippen molar-refractivity contribution in [1.82, 2.24) is 0 Å². The van der Waals surface area contributed by atoms with Crippen LogP contribution in [0.15, 0.2) is 0 Å². The van der Waals surface area contributed by atoms with Crippen LogP contribution in [0.25, 0.3) is 0 Å². The Morgan fingerprint density at radius 1 is 0.815 bits per heavy atom. The summed E-state index contributed by atoms with van der Waals surface area (Å²) in [6.45, 7) is 1.69. The van der Waals surface area contributed by atoms with Crippen LogP contribution in [0.5, 0.6) is 0 Å². The Labute approximate surface area is 173 Å². The van der Waals surface area contributed by atoms with Crippen molar-refractivity contribution in [2.24, 2.45) is 0 Å². The summed E-state index contributed by atoms with van der Waals surface area (Å²) in [6, 6.07) is 0. The quantitative estimate of drug-likeness (QED) is 0.148. The van der Waals surface area contributed by atoms with E-state index in [1.165, 1.54) is 13.8 Å². The lowest BCUT2D eigenvalue weighted by Gasteiger charge is -2.24. The predicted octanol–water partition coefficient (Wildman–Crippen LogP) is 2.43. The molecule has 0 saturated carbocycles. The fourth-order valence-corrected chi connectivity index (χ4v) is 5.44. The van der Waals surface area contributed by atoms with Crippen molar-refractivity contribution in [2.45, 2.75) is 37.9 Å². The van der Waals surface area contributed by atoms with Crippen molar-refractivity contribution >= 4 is 55.3 Å². The molecule has 0 aliphatic carbocycles. The van der Waals surface area contributed by atoms with Gasteiger partial charge < -0.3 is 24.9 Å². The fourth-order valence-electron chi connectivity index (χ4n) is 1.23. The van der Waals surface area contributed by atoms with E-state index in [9.17, 15) is 28.8 Å². The van der Waals surface area contributed by atoms with Gasteiger partial charge in [-0.05, 0) is 13.8 Å². The van der Waals surface area contributed by atoms with Crippen LogP contribution >= 0.6 is 55.3 Å². The molecule has 0 saturated heterocycles. The van der Waals surface area contributed by atoms with Gasteiger partial charge in [0, 0.05) is 23.5 Å². The highest BCUT2D eigenvalue weighted by molar-refractivity contribution is 9.09. The van der Waals surface area contributed by atoms with Crippen LogP contribution < -0.4 is 0 Å². The first-order chi connectivity index (χ1) is 11.9. The average molecular weight is 588 g/mol. The van der Waals surface area contributed by atoms with Gasteiger partial charge in [-0.3, -0.25) is 9.05 Å². The van der Waals surface area contributed by atoms with E-state index in [0.717, 1.165) is 0 Å². The molecule has 0 heterocycles. The first-order valence-corrected chi connectivity index (χ1v) is 13.9. The standard InChI is InChI=1S/C10H23Br2O12P3/c1-9(13,7-11)3-5-21-26(18,19)24-27(20,23-25(15,16)17)22-6-4-10(2,14)8-12/h13-14H,3-8H2,1-2H3,(H,18,19)(H2,15,16,17). The molecular formula is C10H23Br2O12P3. The lowest BCUT2D eigenvalue weighted by Crippen LogP contribution is -2.27. The Balaban J connectivity index is 5.04. The van der Waals surface area contributed by atoms with Crippen LogP contribution in [0.3, 0.4) is 0 Å². The van der Waals surface area contributed by atoms with Gasteiger partial charge in [-0.25, -0.2) is 13.7 Å². The number of aliphatic hydroxyl groups is 2. The summed E-state index contributed by atoms with van der Waals surface area (Å²) >= 11 is 6.03. The van der Waals surface area contributed by atoms with Gasteiger partial charge >= 0.3 is 23.5 Å². The molecule has 0 aromatic rings. The Morgan fingerprint density at radius 3 is 1.59 bits per heavy atom. The van der Waals surface area contributed by atoms with E-state index in [-0.39, 0.29) is 23.5 Å². The zero-order valence-corrected chi connectivity index (χ0v) is 20.3. The number of phosphoric acid groups is 3. The summed E-state index contributed by atoms with van der Waals surface area (Å²) in [5.41, 5.74) is -2.60. The molecule has 4 unspecified atom stereocenters. The predicted molar refractivity (Wildman–Crippen MR) is 102 cm³/mol. The van der Waals surface area contributed by atoms with Gasteiger partial charge in [0.25, 0.3) is 0 Å². The van der Waals surface area contributed by atoms with Crippen LogP contribution in [0.4, 0.5) is 0 Å². The van der Waals surface area contributed by atoms with Crippen molar-refractivity contribution in [2.75, 3.05) is 23.9 Å². The monoisotopic (exact) mass is 586 g/mol. The fraction of sp³-hybridized carbons (Fsp3) is 1.00. The maximum atomic E-state index is 12.3. The summed E-state index contributed by atoms with van der Waals surface area (Å²) in [5, 5.41) is 19.8. The molecule has 0 spiro atoms. The molecule has 0 aliphatic heterocycles. The van der Waals surface area contributed by atoms with Crippen LogP contribution in [-0.2, 0) is 31.4 Å². The Kier molecular flexibility index (Phi) is 11.6. The smallest absolute Gasteiger partial charge is 0.389 e. The number of alkyl halides is 2. The Bertz CT molecular complexity index is 606. The van der Waals surface area contributed by atoms with E-state index < -0.39 is 47.9 Å². The Hall–Kier alpha value is 1.29. The Morgan fingerprint density at radius 2 is 1.22 bits per heavy atom. The number of hydrogen-bond acceptors (Lipinski definition) is 9. The van der Waals surface area contributed by atoms with Gasteiger partial charge in [0.15, 0.2) is 0 Å². The summed E-state index contributed by atoms with van der Waals surface area (Å²) in [7, 11) is -15.8. The third-order valence-corrected chi connectivity index (χ3v) is 9.47. The normalized spacial score (nSPS) is 21.7. The average Bonchev–Trinajstić information content (AvgIpc) is 2.43. The first-order valence-electron chi connectivity index (χ1n) is 7.22. The minimum Gasteiger partial charge on any atom is -0.389 e. The van der Waals surface area contributed by atoms with Crippen molar-refractivity contribution in [3.8, 4) is 0 Å². The first kappa shape index (κ1) is 28.3. The third-order valence-electron chi connectivity index (χ3n) is 2.77. The molecule has 27 heavy (non-hydrogen) atoms. The molecule has 0 fully saturated rings. The van der Waals surface area contributed by atoms with Crippen molar-refractivity contribution in [3.63, 3.8) is 0 Å². The van der Waals surface area contributed by atoms with Crippen LogP contribution in [0, 0.1) is 0 Å². The zero-order valence-electron chi connectivity index (χ0n) is 14.4. The zero-order chi connectivity index (χ0) is 21.6. The minimum absolute atomic E-state index is 0.100. The second-order valence-corrected chi connectivity index (χ2v) is 11.8. The molecule has 0 aromatic heterocycles. The maximum absolute atomic E-state index is 12.3.